The molecule has 1 saturated heterocycles. The van der Waals surface area contributed by atoms with Crippen LogP contribution >= 0.6 is 0 Å². The fourth-order valence-corrected chi connectivity index (χ4v) is 4.77. The zero-order chi connectivity index (χ0) is 20.5. The van der Waals surface area contributed by atoms with Crippen molar-refractivity contribution in [2.24, 2.45) is 5.92 Å². The van der Waals surface area contributed by atoms with Gasteiger partial charge in [-0.05, 0) is 49.2 Å². The molecule has 1 aromatic heterocycles. The average molecular weight is 402 g/mol. The second kappa shape index (κ2) is 7.90. The molecular weight excluding hydrogens is 374 g/mol. The molecule has 2 aliphatic rings. The van der Waals surface area contributed by atoms with Gasteiger partial charge in [0.05, 0.1) is 24.8 Å². The van der Waals surface area contributed by atoms with Crippen molar-refractivity contribution in [1.29, 1.82) is 0 Å². The van der Waals surface area contributed by atoms with Gasteiger partial charge in [-0.3, -0.25) is 4.79 Å². The normalized spacial score (nSPS) is 20.4. The summed E-state index contributed by atoms with van der Waals surface area (Å²) in [5, 5.41) is 3.10. The lowest BCUT2D eigenvalue weighted by Gasteiger charge is -2.49. The molecule has 0 unspecified atom stereocenters. The van der Waals surface area contributed by atoms with E-state index >= 15 is 0 Å². The van der Waals surface area contributed by atoms with Gasteiger partial charge in [0, 0.05) is 31.0 Å². The lowest BCUT2D eigenvalue weighted by Crippen LogP contribution is -2.61. The standard InChI is InChI=1S/C25H27N3O2/c1-18-8-10-20(11-9-18)27-12-13-28-23-7-3-2-5-19(23)15-22(24(28)17-27)25(29)26-16-21-6-4-14-30-21/h2-11,14,22,24H,12-13,15-17H2,1H3,(H,26,29)/t22-,24-/m0/s1. The maximum atomic E-state index is 13.2. The van der Waals surface area contributed by atoms with Gasteiger partial charge in [-0.2, -0.15) is 0 Å². The molecule has 2 aromatic carbocycles. The third kappa shape index (κ3) is 3.56. The highest BCUT2D eigenvalue weighted by Gasteiger charge is 2.41. The Kier molecular flexibility index (Phi) is 4.95. The minimum Gasteiger partial charge on any atom is -0.467 e. The van der Waals surface area contributed by atoms with Crippen molar-refractivity contribution >= 4 is 17.3 Å². The van der Waals surface area contributed by atoms with E-state index < -0.39 is 0 Å². The van der Waals surface area contributed by atoms with Gasteiger partial charge in [-0.25, -0.2) is 0 Å². The number of nitrogens with one attached hydrogen (secondary N) is 1. The number of carbonyl (C=O) groups is 1. The number of hydrogen-bond acceptors (Lipinski definition) is 4. The number of hydrogen-bond donors (Lipinski definition) is 1. The van der Waals surface area contributed by atoms with Gasteiger partial charge in [-0.1, -0.05) is 35.9 Å². The number of anilines is 2. The van der Waals surface area contributed by atoms with Gasteiger partial charge < -0.3 is 19.5 Å². The molecule has 1 amide bonds. The molecule has 3 heterocycles. The van der Waals surface area contributed by atoms with E-state index in [0.717, 1.165) is 31.8 Å². The van der Waals surface area contributed by atoms with Crippen LogP contribution in [0.3, 0.4) is 0 Å². The van der Waals surface area contributed by atoms with Gasteiger partial charge in [0.1, 0.15) is 5.76 Å². The molecule has 2 aliphatic heterocycles. The average Bonchev–Trinajstić information content (AvgIpc) is 3.31. The quantitative estimate of drug-likeness (QED) is 0.723. The van der Waals surface area contributed by atoms with Crippen LogP contribution in [0.5, 0.6) is 0 Å². The zero-order valence-corrected chi connectivity index (χ0v) is 17.3. The minimum absolute atomic E-state index is 0.0943. The fraction of sp³-hybridized carbons (Fsp3) is 0.320. The first-order valence-corrected chi connectivity index (χ1v) is 10.7. The van der Waals surface area contributed by atoms with Crippen molar-refractivity contribution in [2.45, 2.75) is 25.9 Å². The molecule has 30 heavy (non-hydrogen) atoms. The first kappa shape index (κ1) is 18.8. The summed E-state index contributed by atoms with van der Waals surface area (Å²) in [6.45, 7) is 5.25. The largest absolute Gasteiger partial charge is 0.467 e. The predicted molar refractivity (Wildman–Crippen MR) is 119 cm³/mol. The Balaban J connectivity index is 1.40. The first-order valence-electron chi connectivity index (χ1n) is 10.7. The third-order valence-corrected chi connectivity index (χ3v) is 6.38. The van der Waals surface area contributed by atoms with Crippen molar-refractivity contribution in [2.75, 3.05) is 29.4 Å². The van der Waals surface area contributed by atoms with E-state index in [0.29, 0.717) is 6.54 Å². The molecule has 5 rings (SSSR count). The summed E-state index contributed by atoms with van der Waals surface area (Å²) in [5.41, 5.74) is 5.03. The van der Waals surface area contributed by atoms with Crippen LogP contribution in [-0.2, 0) is 17.8 Å². The van der Waals surface area contributed by atoms with Crippen molar-refractivity contribution in [3.63, 3.8) is 0 Å². The topological polar surface area (TPSA) is 48.7 Å². The number of fused-ring (bicyclic) bond motifs is 3. The van der Waals surface area contributed by atoms with E-state index in [2.05, 4.69) is 70.6 Å². The molecule has 0 saturated carbocycles. The first-order chi connectivity index (χ1) is 14.7. The Hall–Kier alpha value is -3.21. The summed E-state index contributed by atoms with van der Waals surface area (Å²) in [5.74, 6) is 0.783. The van der Waals surface area contributed by atoms with E-state index in [4.69, 9.17) is 4.42 Å². The van der Waals surface area contributed by atoms with Gasteiger partial charge in [-0.15, -0.1) is 0 Å². The maximum Gasteiger partial charge on any atom is 0.225 e. The van der Waals surface area contributed by atoms with Crippen LogP contribution in [-0.4, -0.2) is 31.6 Å². The van der Waals surface area contributed by atoms with Gasteiger partial charge in [0.2, 0.25) is 5.91 Å². The Bertz CT molecular complexity index is 1010. The zero-order valence-electron chi connectivity index (χ0n) is 17.3. The van der Waals surface area contributed by atoms with Crippen LogP contribution in [0.4, 0.5) is 11.4 Å². The highest BCUT2D eigenvalue weighted by molar-refractivity contribution is 5.82. The fourth-order valence-electron chi connectivity index (χ4n) is 4.77. The number of piperazine rings is 1. The van der Waals surface area contributed by atoms with Crippen molar-refractivity contribution in [1.82, 2.24) is 5.32 Å². The lowest BCUT2D eigenvalue weighted by atomic mass is 9.83. The van der Waals surface area contributed by atoms with Crippen molar-refractivity contribution in [3.8, 4) is 0 Å². The summed E-state index contributed by atoms with van der Waals surface area (Å²) in [4.78, 5) is 18.1. The molecule has 154 valence electrons. The molecule has 1 fully saturated rings. The number of furan rings is 1. The molecular formula is C25H27N3O2. The Morgan fingerprint density at radius 2 is 1.90 bits per heavy atom. The number of nitrogens with zero attached hydrogens (tertiary/aromatic N) is 2. The second-order valence-corrected chi connectivity index (χ2v) is 8.28. The Morgan fingerprint density at radius 3 is 2.70 bits per heavy atom. The second-order valence-electron chi connectivity index (χ2n) is 8.28. The molecule has 0 bridgehead atoms. The van der Waals surface area contributed by atoms with E-state index in [1.165, 1.54) is 22.5 Å². The highest BCUT2D eigenvalue weighted by Crippen LogP contribution is 2.37. The van der Waals surface area contributed by atoms with E-state index in [1.54, 1.807) is 6.26 Å². The monoisotopic (exact) mass is 401 g/mol. The SMILES string of the molecule is Cc1ccc(N2CCN3c4ccccc4C[C@H](C(=O)NCc4ccco4)[C@@H]3C2)cc1. The molecule has 0 aliphatic carbocycles. The molecule has 5 nitrogen and oxygen atoms in total. The van der Waals surface area contributed by atoms with Crippen LogP contribution in [0.1, 0.15) is 16.9 Å². The summed E-state index contributed by atoms with van der Waals surface area (Å²) in [6, 6.07) is 21.1. The summed E-state index contributed by atoms with van der Waals surface area (Å²) < 4.78 is 5.39. The van der Waals surface area contributed by atoms with E-state index in [9.17, 15) is 4.79 Å². The van der Waals surface area contributed by atoms with E-state index in [-0.39, 0.29) is 17.9 Å². The summed E-state index contributed by atoms with van der Waals surface area (Å²) >= 11 is 0. The highest BCUT2D eigenvalue weighted by atomic mass is 16.3. The van der Waals surface area contributed by atoms with Crippen molar-refractivity contribution < 1.29 is 9.21 Å². The van der Waals surface area contributed by atoms with Crippen LogP contribution in [0.15, 0.2) is 71.3 Å². The molecule has 3 aromatic rings. The molecule has 5 heteroatoms. The maximum absolute atomic E-state index is 13.2. The number of rotatable bonds is 4. The number of para-hydroxylation sites is 1. The minimum atomic E-state index is -0.0943. The third-order valence-electron chi connectivity index (χ3n) is 6.38. The number of aryl methyl sites for hydroxylation is 1. The number of carbonyl (C=O) groups excluding carboxylic acids is 1. The summed E-state index contributed by atoms with van der Waals surface area (Å²) in [7, 11) is 0. The Morgan fingerprint density at radius 1 is 1.07 bits per heavy atom. The molecule has 0 radical (unpaired) electrons. The van der Waals surface area contributed by atoms with Gasteiger partial charge in [0.25, 0.3) is 0 Å². The predicted octanol–water partition coefficient (Wildman–Crippen LogP) is 3.77. The van der Waals surface area contributed by atoms with Crippen LogP contribution < -0.4 is 15.1 Å². The lowest BCUT2D eigenvalue weighted by molar-refractivity contribution is -0.126. The van der Waals surface area contributed by atoms with Crippen LogP contribution in [0.2, 0.25) is 0 Å². The van der Waals surface area contributed by atoms with E-state index in [1.807, 2.05) is 12.1 Å². The van der Waals surface area contributed by atoms with Gasteiger partial charge >= 0.3 is 0 Å². The number of amides is 1. The molecule has 2 atom stereocenters. The smallest absolute Gasteiger partial charge is 0.225 e. The summed E-state index contributed by atoms with van der Waals surface area (Å²) in [6.07, 6.45) is 2.41. The van der Waals surface area contributed by atoms with Gasteiger partial charge in [0.15, 0.2) is 0 Å². The van der Waals surface area contributed by atoms with Crippen LogP contribution in [0, 0.1) is 12.8 Å². The van der Waals surface area contributed by atoms with Crippen molar-refractivity contribution in [3.05, 3.63) is 83.8 Å². The number of benzene rings is 2. The van der Waals surface area contributed by atoms with Crippen LogP contribution in [0.25, 0.3) is 0 Å². The molecule has 1 N–H and O–H groups in total. The molecule has 0 spiro atoms. The Labute approximate surface area is 177 Å².